The molecule has 0 saturated heterocycles. The lowest BCUT2D eigenvalue weighted by molar-refractivity contribution is -0.121. The van der Waals surface area contributed by atoms with Crippen LogP contribution in [0.2, 0.25) is 0 Å². The van der Waals surface area contributed by atoms with Gasteiger partial charge in [-0.05, 0) is 49.2 Å². The van der Waals surface area contributed by atoms with E-state index in [0.29, 0.717) is 36.3 Å². The second kappa shape index (κ2) is 11.6. The number of hydrazone groups is 1. The molecule has 4 aromatic rings. The van der Waals surface area contributed by atoms with Crippen molar-refractivity contribution in [3.8, 4) is 22.8 Å². The van der Waals surface area contributed by atoms with Crippen LogP contribution in [0.4, 0.5) is 8.78 Å². The lowest BCUT2D eigenvalue weighted by atomic mass is 9.93. The fourth-order valence-electron chi connectivity index (χ4n) is 4.65. The highest BCUT2D eigenvalue weighted by Gasteiger charge is 2.26. The number of nitrogens with one attached hydrogen (secondary N) is 1. The molecule has 0 bridgehead atoms. The van der Waals surface area contributed by atoms with Gasteiger partial charge >= 0.3 is 0 Å². The second-order valence-electron chi connectivity index (χ2n) is 9.43. The largest absolute Gasteiger partial charge is 0.494 e. The van der Waals surface area contributed by atoms with Gasteiger partial charge in [-0.3, -0.25) is 14.6 Å². The van der Waals surface area contributed by atoms with Crippen molar-refractivity contribution in [1.29, 1.82) is 0 Å². The monoisotopic (exact) mass is 547 g/mol. The lowest BCUT2D eigenvalue weighted by Gasteiger charge is -2.20. The molecule has 0 aliphatic carbocycles. The van der Waals surface area contributed by atoms with Crippen LogP contribution in [-0.2, 0) is 11.3 Å². The smallest absolute Gasteiger partial charge is 0.266 e. The quantitative estimate of drug-likeness (QED) is 0.310. The number of benzene rings is 2. The number of rotatable bonds is 9. The number of pyridine rings is 1. The molecule has 0 fully saturated rings. The van der Waals surface area contributed by atoms with Gasteiger partial charge in [0.2, 0.25) is 11.7 Å². The fourth-order valence-corrected chi connectivity index (χ4v) is 4.65. The molecule has 9 nitrogen and oxygen atoms in total. The van der Waals surface area contributed by atoms with Crippen molar-refractivity contribution in [3.63, 3.8) is 0 Å². The Bertz CT molecular complexity index is 1670. The molecular weight excluding hydrogens is 520 g/mol. The maximum atomic E-state index is 14.8. The van der Waals surface area contributed by atoms with E-state index in [-0.39, 0.29) is 47.4 Å². The van der Waals surface area contributed by atoms with Gasteiger partial charge in [0, 0.05) is 47.7 Å². The van der Waals surface area contributed by atoms with Crippen LogP contribution >= 0.6 is 0 Å². The minimum absolute atomic E-state index is 0.0110. The molecule has 1 aliphatic heterocycles. The Balaban J connectivity index is 1.23. The zero-order chi connectivity index (χ0) is 28.2. The molecule has 2 aromatic carbocycles. The number of hydrogen-bond donors (Lipinski definition) is 1. The summed E-state index contributed by atoms with van der Waals surface area (Å²) in [6.45, 7) is 2.17. The number of nitrogens with zero attached hydrogens (tertiary/aromatic N) is 4. The maximum Gasteiger partial charge on any atom is 0.266 e. The molecule has 5 rings (SSSR count). The Labute approximate surface area is 228 Å². The third-order valence-corrected chi connectivity index (χ3v) is 6.70. The number of methoxy groups -OCH3 is 1. The average molecular weight is 548 g/mol. The van der Waals surface area contributed by atoms with Crippen molar-refractivity contribution in [1.82, 2.24) is 20.2 Å². The number of aromatic nitrogens is 3. The van der Waals surface area contributed by atoms with Crippen LogP contribution in [0.15, 0.2) is 64.6 Å². The number of halogens is 2. The number of amides is 1. The summed E-state index contributed by atoms with van der Waals surface area (Å²) in [6.07, 6.45) is 2.84. The molecule has 1 aliphatic rings. The number of carbonyl (C=O) groups is 1. The summed E-state index contributed by atoms with van der Waals surface area (Å²) in [7, 11) is 1.58. The highest BCUT2D eigenvalue weighted by molar-refractivity contribution is 6.06. The molecule has 1 N–H and O–H groups in total. The highest BCUT2D eigenvalue weighted by Crippen LogP contribution is 2.32. The van der Waals surface area contributed by atoms with Gasteiger partial charge < -0.3 is 9.47 Å². The molecule has 3 heterocycles. The number of fused-ring (bicyclic) bond motifs is 1. The molecule has 0 radical (unpaired) electrons. The molecule has 1 atom stereocenters. The van der Waals surface area contributed by atoms with Crippen LogP contribution in [0.1, 0.15) is 31.7 Å². The van der Waals surface area contributed by atoms with Crippen LogP contribution in [0.3, 0.4) is 0 Å². The van der Waals surface area contributed by atoms with Crippen molar-refractivity contribution in [3.05, 3.63) is 82.3 Å². The van der Waals surface area contributed by atoms with E-state index in [2.05, 4.69) is 20.6 Å². The molecule has 206 valence electrons. The normalized spacial score (nSPS) is 15.1. The first-order valence-electron chi connectivity index (χ1n) is 12.8. The summed E-state index contributed by atoms with van der Waals surface area (Å²) < 4.78 is 41.7. The lowest BCUT2D eigenvalue weighted by Crippen LogP contribution is -2.32. The fraction of sp³-hybridized carbons (Fsp3) is 0.276. The zero-order valence-electron chi connectivity index (χ0n) is 22.0. The van der Waals surface area contributed by atoms with Crippen molar-refractivity contribution in [2.24, 2.45) is 11.0 Å². The molecule has 1 amide bonds. The van der Waals surface area contributed by atoms with E-state index in [1.165, 1.54) is 22.9 Å². The van der Waals surface area contributed by atoms with Crippen LogP contribution in [0.5, 0.6) is 11.5 Å². The zero-order valence-corrected chi connectivity index (χ0v) is 22.0. The minimum Gasteiger partial charge on any atom is -0.494 e. The number of ether oxygens (including phenoxy) is 2. The summed E-state index contributed by atoms with van der Waals surface area (Å²) in [6, 6.07) is 13.3. The standard InChI is InChI=1S/C29H27F2N5O4/c1-17-16-24(37)33-34-28(17)20-8-10-22(27(31)26(20)30)40-15-4-3-14-36-25(38)12-9-21(35-36)18-7-11-23(39-2)29-19(18)6-5-13-32-29/h5-13,17H,3-4,14-16H2,1-2H3,(H,33,37). The van der Waals surface area contributed by atoms with Crippen molar-refractivity contribution in [2.75, 3.05) is 13.7 Å². The summed E-state index contributed by atoms with van der Waals surface area (Å²) in [5.74, 6) is -2.38. The van der Waals surface area contributed by atoms with Gasteiger partial charge in [-0.1, -0.05) is 13.0 Å². The van der Waals surface area contributed by atoms with Gasteiger partial charge in [-0.25, -0.2) is 14.5 Å². The van der Waals surface area contributed by atoms with Crippen molar-refractivity contribution >= 4 is 22.5 Å². The van der Waals surface area contributed by atoms with Gasteiger partial charge in [-0.15, -0.1) is 0 Å². The third kappa shape index (κ3) is 5.40. The number of hydrogen-bond acceptors (Lipinski definition) is 7. The van der Waals surface area contributed by atoms with Gasteiger partial charge in [-0.2, -0.15) is 14.6 Å². The van der Waals surface area contributed by atoms with Gasteiger partial charge in [0.05, 0.1) is 25.1 Å². The summed E-state index contributed by atoms with van der Waals surface area (Å²) in [5, 5.41) is 9.28. The van der Waals surface area contributed by atoms with Crippen LogP contribution < -0.4 is 20.5 Å². The van der Waals surface area contributed by atoms with Gasteiger partial charge in [0.1, 0.15) is 11.3 Å². The van der Waals surface area contributed by atoms with Gasteiger partial charge in [0.15, 0.2) is 11.6 Å². The molecule has 1 unspecified atom stereocenters. The van der Waals surface area contributed by atoms with E-state index in [9.17, 15) is 18.4 Å². The predicted octanol–water partition coefficient (Wildman–Crippen LogP) is 4.46. The summed E-state index contributed by atoms with van der Waals surface area (Å²) >= 11 is 0. The SMILES string of the molecule is COc1ccc(-c2ccc(=O)n(CCCCOc3ccc(C4=NNC(=O)CC4C)c(F)c3F)n2)c2cccnc12. The van der Waals surface area contributed by atoms with E-state index in [1.807, 2.05) is 24.3 Å². The minimum atomic E-state index is -1.11. The number of unbranched alkanes of at least 4 members (excludes halogenated alkanes) is 1. The van der Waals surface area contributed by atoms with E-state index in [1.54, 1.807) is 26.3 Å². The third-order valence-electron chi connectivity index (χ3n) is 6.70. The Kier molecular flexibility index (Phi) is 7.81. The topological polar surface area (TPSA) is 108 Å². The number of carbonyl (C=O) groups excluding carboxylic acids is 1. The summed E-state index contributed by atoms with van der Waals surface area (Å²) in [5.41, 5.74) is 4.46. The van der Waals surface area contributed by atoms with Crippen LogP contribution in [0.25, 0.3) is 22.2 Å². The Morgan fingerprint density at radius 3 is 2.60 bits per heavy atom. The first kappa shape index (κ1) is 26.9. The molecule has 11 heteroatoms. The summed E-state index contributed by atoms with van der Waals surface area (Å²) in [4.78, 5) is 28.3. The van der Waals surface area contributed by atoms with Gasteiger partial charge in [0.25, 0.3) is 5.56 Å². The molecule has 2 aromatic heterocycles. The van der Waals surface area contributed by atoms with Crippen LogP contribution in [0, 0.1) is 17.6 Å². The molecule has 0 spiro atoms. The van der Waals surface area contributed by atoms with E-state index < -0.39 is 11.6 Å². The molecular formula is C29H27F2N5O4. The Hall–Kier alpha value is -4.67. The molecule has 0 saturated carbocycles. The van der Waals surface area contributed by atoms with E-state index in [4.69, 9.17) is 9.47 Å². The van der Waals surface area contributed by atoms with Crippen molar-refractivity contribution < 1.29 is 23.0 Å². The predicted molar refractivity (Wildman–Crippen MR) is 145 cm³/mol. The Morgan fingerprint density at radius 1 is 1.00 bits per heavy atom. The van der Waals surface area contributed by atoms with E-state index in [0.717, 1.165) is 10.9 Å². The Morgan fingerprint density at radius 2 is 1.80 bits per heavy atom. The maximum absolute atomic E-state index is 14.8. The van der Waals surface area contributed by atoms with Crippen molar-refractivity contribution in [2.45, 2.75) is 32.7 Å². The van der Waals surface area contributed by atoms with Crippen LogP contribution in [-0.4, -0.2) is 40.1 Å². The first-order valence-corrected chi connectivity index (χ1v) is 12.8. The first-order chi connectivity index (χ1) is 19.4. The molecule has 40 heavy (non-hydrogen) atoms. The van der Waals surface area contributed by atoms with E-state index >= 15 is 0 Å². The second-order valence-corrected chi connectivity index (χ2v) is 9.43. The highest BCUT2D eigenvalue weighted by atomic mass is 19.2. The average Bonchev–Trinajstić information content (AvgIpc) is 2.96. The number of aryl methyl sites for hydroxylation is 1.